The van der Waals surface area contributed by atoms with Gasteiger partial charge in [-0.15, -0.1) is 0 Å². The first-order chi connectivity index (χ1) is 10.8. The third-order valence-electron chi connectivity index (χ3n) is 2.68. The van der Waals surface area contributed by atoms with E-state index >= 15 is 0 Å². The van der Waals surface area contributed by atoms with E-state index in [-0.39, 0.29) is 0 Å². The molecule has 3 aromatic heterocycles. The van der Waals surface area contributed by atoms with E-state index in [2.05, 4.69) is 30.4 Å². The van der Waals surface area contributed by atoms with Crippen LogP contribution in [0.4, 0.5) is 5.95 Å². The molecule has 3 aromatic rings. The number of rotatable bonds is 6. The van der Waals surface area contributed by atoms with Gasteiger partial charge in [-0.3, -0.25) is 4.98 Å². The Kier molecular flexibility index (Phi) is 4.19. The molecule has 0 aromatic carbocycles. The van der Waals surface area contributed by atoms with Crippen molar-refractivity contribution >= 4 is 5.95 Å². The molecule has 0 radical (unpaired) electrons. The largest absolute Gasteiger partial charge is 0.478 e. The number of hydrogen-bond donors (Lipinski definition) is 1. The number of aromatic nitrogens is 5. The Labute approximate surface area is 126 Å². The molecule has 22 heavy (non-hydrogen) atoms. The Bertz CT molecular complexity index is 731. The molecule has 3 heterocycles. The van der Waals surface area contributed by atoms with Gasteiger partial charge in [0.1, 0.15) is 5.69 Å². The SMILES string of the molecule is CCOc1ccnc(NCc2nc(-c3ccccn3)no2)n1. The molecule has 8 nitrogen and oxygen atoms in total. The zero-order chi connectivity index (χ0) is 15.2. The first kappa shape index (κ1) is 13.9. The van der Waals surface area contributed by atoms with E-state index in [9.17, 15) is 0 Å². The Morgan fingerprint density at radius 3 is 2.91 bits per heavy atom. The van der Waals surface area contributed by atoms with Crippen molar-refractivity contribution in [3.63, 3.8) is 0 Å². The van der Waals surface area contributed by atoms with Crippen molar-refractivity contribution in [3.05, 3.63) is 42.5 Å². The van der Waals surface area contributed by atoms with Gasteiger partial charge in [0.05, 0.1) is 13.2 Å². The summed E-state index contributed by atoms with van der Waals surface area (Å²) in [5.41, 5.74) is 0.659. The summed E-state index contributed by atoms with van der Waals surface area (Å²) in [4.78, 5) is 16.7. The van der Waals surface area contributed by atoms with Crippen molar-refractivity contribution in [2.75, 3.05) is 11.9 Å². The minimum Gasteiger partial charge on any atom is -0.478 e. The Hall–Kier alpha value is -3.03. The van der Waals surface area contributed by atoms with Crippen molar-refractivity contribution in [2.24, 2.45) is 0 Å². The van der Waals surface area contributed by atoms with E-state index < -0.39 is 0 Å². The van der Waals surface area contributed by atoms with E-state index in [4.69, 9.17) is 9.26 Å². The zero-order valence-electron chi connectivity index (χ0n) is 11.9. The molecule has 0 bridgehead atoms. The fraction of sp³-hybridized carbons (Fsp3) is 0.214. The van der Waals surface area contributed by atoms with Gasteiger partial charge >= 0.3 is 0 Å². The molecule has 0 fully saturated rings. The monoisotopic (exact) mass is 298 g/mol. The van der Waals surface area contributed by atoms with E-state index in [1.807, 2.05) is 25.1 Å². The van der Waals surface area contributed by atoms with Crippen LogP contribution in [0.2, 0.25) is 0 Å². The van der Waals surface area contributed by atoms with Gasteiger partial charge in [-0.05, 0) is 19.1 Å². The number of ether oxygens (including phenoxy) is 1. The molecule has 0 saturated heterocycles. The van der Waals surface area contributed by atoms with Gasteiger partial charge in [0.2, 0.25) is 23.5 Å². The summed E-state index contributed by atoms with van der Waals surface area (Å²) in [6.45, 7) is 2.76. The van der Waals surface area contributed by atoms with Gasteiger partial charge < -0.3 is 14.6 Å². The number of nitrogens with zero attached hydrogens (tertiary/aromatic N) is 5. The van der Waals surface area contributed by atoms with Crippen molar-refractivity contribution in [1.82, 2.24) is 25.1 Å². The standard InChI is InChI=1S/C14H14N6O2/c1-2-21-11-6-8-16-14(19-11)17-9-12-18-13(20-22-12)10-5-3-4-7-15-10/h3-8H,2,9H2,1H3,(H,16,17,19). The normalized spacial score (nSPS) is 10.4. The Morgan fingerprint density at radius 1 is 1.14 bits per heavy atom. The summed E-state index contributed by atoms with van der Waals surface area (Å²) in [6, 6.07) is 7.20. The molecule has 0 aliphatic carbocycles. The summed E-state index contributed by atoms with van der Waals surface area (Å²) in [5, 5.41) is 6.90. The molecule has 0 amide bonds. The summed E-state index contributed by atoms with van der Waals surface area (Å²) in [7, 11) is 0. The van der Waals surface area contributed by atoms with Crippen molar-refractivity contribution in [2.45, 2.75) is 13.5 Å². The average molecular weight is 298 g/mol. The summed E-state index contributed by atoms with van der Waals surface area (Å²) in [6.07, 6.45) is 3.30. The molecule has 0 atom stereocenters. The molecule has 0 aliphatic rings. The van der Waals surface area contributed by atoms with E-state index in [1.54, 1.807) is 18.5 Å². The molecular formula is C14H14N6O2. The maximum Gasteiger partial charge on any atom is 0.246 e. The highest BCUT2D eigenvalue weighted by molar-refractivity contribution is 5.47. The van der Waals surface area contributed by atoms with Crippen LogP contribution in [0, 0.1) is 0 Å². The number of pyridine rings is 1. The maximum atomic E-state index is 5.31. The molecule has 112 valence electrons. The fourth-order valence-electron chi connectivity index (χ4n) is 1.74. The maximum absolute atomic E-state index is 5.31. The Balaban J connectivity index is 1.65. The highest BCUT2D eigenvalue weighted by Crippen LogP contribution is 2.13. The van der Waals surface area contributed by atoms with E-state index in [1.165, 1.54) is 0 Å². The van der Waals surface area contributed by atoms with Crippen molar-refractivity contribution in [1.29, 1.82) is 0 Å². The molecule has 8 heteroatoms. The first-order valence-corrected chi connectivity index (χ1v) is 6.79. The van der Waals surface area contributed by atoms with Gasteiger partial charge in [-0.1, -0.05) is 11.2 Å². The van der Waals surface area contributed by atoms with Gasteiger partial charge in [0, 0.05) is 18.5 Å². The van der Waals surface area contributed by atoms with Gasteiger partial charge in [-0.2, -0.15) is 9.97 Å². The topological polar surface area (TPSA) is 98.8 Å². The van der Waals surface area contributed by atoms with Crippen molar-refractivity contribution in [3.8, 4) is 17.4 Å². The lowest BCUT2D eigenvalue weighted by molar-refractivity contribution is 0.326. The van der Waals surface area contributed by atoms with Crippen LogP contribution in [0.3, 0.4) is 0 Å². The van der Waals surface area contributed by atoms with Crippen molar-refractivity contribution < 1.29 is 9.26 Å². The molecule has 1 N–H and O–H groups in total. The average Bonchev–Trinajstić information content (AvgIpc) is 3.04. The lowest BCUT2D eigenvalue weighted by atomic mass is 10.3. The van der Waals surface area contributed by atoms with Crippen LogP contribution in [0.1, 0.15) is 12.8 Å². The van der Waals surface area contributed by atoms with Crippen LogP contribution in [-0.4, -0.2) is 31.7 Å². The predicted molar refractivity (Wildman–Crippen MR) is 78.1 cm³/mol. The summed E-state index contributed by atoms with van der Waals surface area (Å²) < 4.78 is 10.5. The van der Waals surface area contributed by atoms with Gasteiger partial charge in [0.25, 0.3) is 0 Å². The summed E-state index contributed by atoms with van der Waals surface area (Å²) in [5.74, 6) is 1.82. The van der Waals surface area contributed by atoms with Crippen LogP contribution in [0.25, 0.3) is 11.5 Å². The number of hydrogen-bond acceptors (Lipinski definition) is 8. The Morgan fingerprint density at radius 2 is 2.09 bits per heavy atom. The second-order valence-electron chi connectivity index (χ2n) is 4.23. The predicted octanol–water partition coefficient (Wildman–Crippen LogP) is 1.93. The lowest BCUT2D eigenvalue weighted by Crippen LogP contribution is -2.05. The molecule has 0 unspecified atom stereocenters. The molecule has 0 spiro atoms. The number of nitrogens with one attached hydrogen (secondary N) is 1. The van der Waals surface area contributed by atoms with Crippen LogP contribution in [0.15, 0.2) is 41.2 Å². The van der Waals surface area contributed by atoms with E-state index in [0.29, 0.717) is 42.4 Å². The van der Waals surface area contributed by atoms with Crippen LogP contribution in [0.5, 0.6) is 5.88 Å². The highest BCUT2D eigenvalue weighted by atomic mass is 16.5. The van der Waals surface area contributed by atoms with Gasteiger partial charge in [-0.25, -0.2) is 4.98 Å². The zero-order valence-corrected chi connectivity index (χ0v) is 11.9. The second kappa shape index (κ2) is 6.61. The van der Waals surface area contributed by atoms with Crippen LogP contribution >= 0.6 is 0 Å². The minimum atomic E-state index is 0.315. The fourth-order valence-corrected chi connectivity index (χ4v) is 1.74. The smallest absolute Gasteiger partial charge is 0.246 e. The lowest BCUT2D eigenvalue weighted by Gasteiger charge is -2.04. The molecular weight excluding hydrogens is 284 g/mol. The van der Waals surface area contributed by atoms with Crippen LogP contribution in [-0.2, 0) is 6.54 Å². The minimum absolute atomic E-state index is 0.315. The van der Waals surface area contributed by atoms with Gasteiger partial charge in [0.15, 0.2) is 0 Å². The second-order valence-corrected chi connectivity index (χ2v) is 4.23. The van der Waals surface area contributed by atoms with E-state index in [0.717, 1.165) is 0 Å². The molecule has 3 rings (SSSR count). The molecule has 0 saturated carbocycles. The number of anilines is 1. The molecule has 0 aliphatic heterocycles. The highest BCUT2D eigenvalue weighted by Gasteiger charge is 2.09. The third kappa shape index (κ3) is 3.35. The summed E-state index contributed by atoms with van der Waals surface area (Å²) >= 11 is 0. The third-order valence-corrected chi connectivity index (χ3v) is 2.68. The quantitative estimate of drug-likeness (QED) is 0.737. The first-order valence-electron chi connectivity index (χ1n) is 6.79. The van der Waals surface area contributed by atoms with Crippen LogP contribution < -0.4 is 10.1 Å².